The maximum atomic E-state index is 5.99. The molecule has 1 aromatic carbocycles. The normalized spacial score (nSPS) is 16.8. The van der Waals surface area contributed by atoms with Crippen LogP contribution in [0.25, 0.3) is 5.69 Å². The van der Waals surface area contributed by atoms with E-state index < -0.39 is 0 Å². The quantitative estimate of drug-likeness (QED) is 0.507. The van der Waals surface area contributed by atoms with E-state index in [0.29, 0.717) is 16.9 Å². The molecule has 0 aliphatic carbocycles. The number of piperidine rings is 1. The van der Waals surface area contributed by atoms with Gasteiger partial charge in [0.1, 0.15) is 18.4 Å². The van der Waals surface area contributed by atoms with Crippen LogP contribution in [-0.2, 0) is 0 Å². The molecule has 7 nitrogen and oxygen atoms in total. The van der Waals surface area contributed by atoms with Crippen LogP contribution in [0.15, 0.2) is 49.3 Å². The second kappa shape index (κ2) is 10.1. The number of nitrogens with zero attached hydrogens (tertiary/aromatic N) is 6. The van der Waals surface area contributed by atoms with E-state index in [1.807, 2.05) is 28.8 Å². The molecule has 1 saturated heterocycles. The van der Waals surface area contributed by atoms with Gasteiger partial charge in [0.2, 0.25) is 5.95 Å². The Morgan fingerprint density at radius 1 is 1.03 bits per heavy atom. The number of halogens is 1. The van der Waals surface area contributed by atoms with Gasteiger partial charge in [-0.3, -0.25) is 4.57 Å². The van der Waals surface area contributed by atoms with Gasteiger partial charge in [0.15, 0.2) is 0 Å². The lowest BCUT2D eigenvalue weighted by molar-refractivity contribution is 0.186. The highest BCUT2D eigenvalue weighted by Gasteiger charge is 2.28. The average Bonchev–Trinajstić information content (AvgIpc) is 3.35. The Morgan fingerprint density at radius 3 is 2.32 bits per heavy atom. The molecule has 1 aliphatic rings. The molecule has 4 rings (SSSR count). The molecule has 0 bridgehead atoms. The van der Waals surface area contributed by atoms with E-state index in [-0.39, 0.29) is 0 Å². The summed E-state index contributed by atoms with van der Waals surface area (Å²) in [4.78, 5) is 11.0. The minimum atomic E-state index is 0.578. The molecular formula is C23H29ClN6O. The van der Waals surface area contributed by atoms with Crippen molar-refractivity contribution in [2.45, 2.75) is 33.1 Å². The Bertz CT molecular complexity index is 924. The van der Waals surface area contributed by atoms with Crippen molar-refractivity contribution >= 4 is 17.5 Å². The lowest BCUT2D eigenvalue weighted by Gasteiger charge is -2.37. The van der Waals surface area contributed by atoms with Gasteiger partial charge in [-0.15, -0.1) is 10.2 Å². The van der Waals surface area contributed by atoms with Crippen LogP contribution in [0.2, 0.25) is 5.02 Å². The van der Waals surface area contributed by atoms with E-state index >= 15 is 0 Å². The van der Waals surface area contributed by atoms with Crippen LogP contribution in [-0.4, -0.2) is 44.4 Å². The van der Waals surface area contributed by atoms with Gasteiger partial charge >= 0.3 is 0 Å². The number of aromatic nitrogens is 5. The minimum absolute atomic E-state index is 0.578. The molecule has 2 unspecified atom stereocenters. The molecule has 0 N–H and O–H groups in total. The summed E-state index contributed by atoms with van der Waals surface area (Å²) in [6.07, 6.45) is 10.1. The monoisotopic (exact) mass is 440 g/mol. The summed E-state index contributed by atoms with van der Waals surface area (Å²) < 4.78 is 7.87. The van der Waals surface area contributed by atoms with Crippen molar-refractivity contribution in [3.8, 4) is 11.4 Å². The predicted molar refractivity (Wildman–Crippen MR) is 122 cm³/mol. The van der Waals surface area contributed by atoms with Gasteiger partial charge in [0.05, 0.1) is 24.0 Å². The fourth-order valence-corrected chi connectivity index (χ4v) is 4.33. The molecule has 164 valence electrons. The van der Waals surface area contributed by atoms with E-state index in [2.05, 4.69) is 38.9 Å². The van der Waals surface area contributed by atoms with Crippen LogP contribution >= 0.6 is 11.6 Å². The molecular weight excluding hydrogens is 412 g/mol. The molecule has 0 amide bonds. The lowest BCUT2D eigenvalue weighted by atomic mass is 9.77. The molecule has 0 radical (unpaired) electrons. The summed E-state index contributed by atoms with van der Waals surface area (Å²) in [6, 6.07) is 8.03. The first-order chi connectivity index (χ1) is 15.1. The van der Waals surface area contributed by atoms with Crippen molar-refractivity contribution in [2.75, 3.05) is 24.6 Å². The van der Waals surface area contributed by atoms with Crippen LogP contribution in [0, 0.1) is 17.8 Å². The third-order valence-electron chi connectivity index (χ3n) is 6.47. The number of rotatable bonds is 8. The van der Waals surface area contributed by atoms with Gasteiger partial charge in [0.25, 0.3) is 0 Å². The Labute approximate surface area is 188 Å². The van der Waals surface area contributed by atoms with Gasteiger partial charge in [-0.1, -0.05) is 25.4 Å². The first kappa shape index (κ1) is 21.6. The second-order valence-electron chi connectivity index (χ2n) is 8.36. The highest BCUT2D eigenvalue weighted by Crippen LogP contribution is 2.32. The van der Waals surface area contributed by atoms with Crippen LogP contribution in [0.5, 0.6) is 5.75 Å². The van der Waals surface area contributed by atoms with Crippen LogP contribution < -0.4 is 9.64 Å². The molecule has 8 heteroatoms. The third-order valence-corrected chi connectivity index (χ3v) is 6.66. The number of ether oxygens (including phenoxy) is 1. The third kappa shape index (κ3) is 5.53. The van der Waals surface area contributed by atoms with Gasteiger partial charge in [-0.05, 0) is 61.3 Å². The van der Waals surface area contributed by atoms with Gasteiger partial charge < -0.3 is 9.64 Å². The molecule has 1 fully saturated rings. The fraction of sp³-hybridized carbons (Fsp3) is 0.478. The Kier molecular flexibility index (Phi) is 7.02. The number of benzene rings is 1. The zero-order chi connectivity index (χ0) is 21.6. The van der Waals surface area contributed by atoms with E-state index in [9.17, 15) is 0 Å². The lowest BCUT2D eigenvalue weighted by Crippen LogP contribution is -2.37. The largest absolute Gasteiger partial charge is 0.494 e. The minimum Gasteiger partial charge on any atom is -0.494 e. The molecule has 31 heavy (non-hydrogen) atoms. The zero-order valence-corrected chi connectivity index (χ0v) is 18.8. The van der Waals surface area contributed by atoms with E-state index in [4.69, 9.17) is 16.3 Å². The summed E-state index contributed by atoms with van der Waals surface area (Å²) >= 11 is 5.90. The molecule has 2 atom stereocenters. The van der Waals surface area contributed by atoms with Crippen LogP contribution in [0.1, 0.15) is 33.1 Å². The Hall–Kier alpha value is -2.67. The molecule has 0 spiro atoms. The molecule has 2 aromatic heterocycles. The highest BCUT2D eigenvalue weighted by molar-refractivity contribution is 6.30. The van der Waals surface area contributed by atoms with Crippen molar-refractivity contribution in [1.29, 1.82) is 0 Å². The molecule has 3 aromatic rings. The van der Waals surface area contributed by atoms with Crippen molar-refractivity contribution in [1.82, 2.24) is 24.7 Å². The summed E-state index contributed by atoms with van der Waals surface area (Å²) in [7, 11) is 0. The average molecular weight is 441 g/mol. The molecule has 0 saturated carbocycles. The Balaban J connectivity index is 1.20. The first-order valence-electron chi connectivity index (χ1n) is 10.9. The summed E-state index contributed by atoms with van der Waals surface area (Å²) in [5.74, 6) is 3.68. The SMILES string of the molecule is CC(CCOc1ccc(-n2cnnc2)cc1)C(C)C1CCN(c2ncc(Cl)cn2)CC1. The maximum absolute atomic E-state index is 5.99. The maximum Gasteiger partial charge on any atom is 0.225 e. The first-order valence-corrected chi connectivity index (χ1v) is 11.3. The summed E-state index contributed by atoms with van der Waals surface area (Å²) in [5.41, 5.74) is 1.02. The highest BCUT2D eigenvalue weighted by atomic mass is 35.5. The summed E-state index contributed by atoms with van der Waals surface area (Å²) in [6.45, 7) is 7.46. The fourth-order valence-electron chi connectivity index (χ4n) is 4.23. The zero-order valence-electron chi connectivity index (χ0n) is 18.1. The van der Waals surface area contributed by atoms with Gasteiger partial charge in [-0.2, -0.15) is 0 Å². The topological polar surface area (TPSA) is 69.0 Å². The second-order valence-corrected chi connectivity index (χ2v) is 8.80. The standard InChI is InChI=1S/C23H29ClN6O/c1-17(9-12-31-22-5-3-21(4-6-22)30-15-27-28-16-30)18(2)19-7-10-29(11-8-19)23-25-13-20(24)14-26-23/h3-6,13-19H,7-12H2,1-2H3. The van der Waals surface area contributed by atoms with Gasteiger partial charge in [0, 0.05) is 18.8 Å². The molecule has 3 heterocycles. The van der Waals surface area contributed by atoms with Crippen LogP contribution in [0.4, 0.5) is 5.95 Å². The smallest absolute Gasteiger partial charge is 0.225 e. The number of hydrogen-bond donors (Lipinski definition) is 0. The van der Waals surface area contributed by atoms with E-state index in [0.717, 1.165) is 49.4 Å². The van der Waals surface area contributed by atoms with Crippen LogP contribution in [0.3, 0.4) is 0 Å². The number of hydrogen-bond acceptors (Lipinski definition) is 6. The van der Waals surface area contributed by atoms with E-state index in [1.165, 1.54) is 12.8 Å². The van der Waals surface area contributed by atoms with Crippen molar-refractivity contribution < 1.29 is 4.74 Å². The predicted octanol–water partition coefficient (Wildman–Crippen LogP) is 4.67. The van der Waals surface area contributed by atoms with E-state index in [1.54, 1.807) is 25.0 Å². The Morgan fingerprint density at radius 2 is 1.68 bits per heavy atom. The van der Waals surface area contributed by atoms with Gasteiger partial charge in [-0.25, -0.2) is 9.97 Å². The van der Waals surface area contributed by atoms with Crippen molar-refractivity contribution in [3.05, 3.63) is 54.3 Å². The molecule has 1 aliphatic heterocycles. The van der Waals surface area contributed by atoms with Crippen molar-refractivity contribution in [2.24, 2.45) is 17.8 Å². The summed E-state index contributed by atoms with van der Waals surface area (Å²) in [5, 5.41) is 8.25. The number of anilines is 1. The van der Waals surface area contributed by atoms with Crippen molar-refractivity contribution in [3.63, 3.8) is 0 Å².